The number of ether oxygens (including phenoxy) is 1. The van der Waals surface area contributed by atoms with Gasteiger partial charge in [0.15, 0.2) is 0 Å². The highest BCUT2D eigenvalue weighted by atomic mass is 127. The number of hydrogen-bond acceptors (Lipinski definition) is 5. The number of nitrogens with zero attached hydrogens (tertiary/aromatic N) is 3. The monoisotopic (exact) mass is 486 g/mol. The second-order valence-corrected chi connectivity index (χ2v) is 11.1. The van der Waals surface area contributed by atoms with E-state index in [1.54, 1.807) is 0 Å². The maximum absolute atomic E-state index is 5.81. The minimum atomic E-state index is 0.133. The molecule has 2 aliphatic rings. The number of rotatable bonds is 2. The van der Waals surface area contributed by atoms with Crippen LogP contribution in [0.25, 0.3) is 0 Å². The highest BCUT2D eigenvalue weighted by Gasteiger charge is 2.32. The van der Waals surface area contributed by atoms with Gasteiger partial charge in [-0.2, -0.15) is 0 Å². The zero-order valence-electron chi connectivity index (χ0n) is 17.5. The molecule has 0 aliphatic carbocycles. The third kappa shape index (κ3) is 5.76. The van der Waals surface area contributed by atoms with Gasteiger partial charge in [0.05, 0.1) is 13.2 Å². The Balaban J connectivity index is 1.87. The fourth-order valence-corrected chi connectivity index (χ4v) is 5.07. The summed E-state index contributed by atoms with van der Waals surface area (Å²) in [5, 5.41) is 3.63. The molecule has 1 N–H and O–H groups in total. The lowest BCUT2D eigenvalue weighted by Gasteiger charge is -2.35. The van der Waals surface area contributed by atoms with E-state index in [9.17, 15) is 0 Å². The third-order valence-corrected chi connectivity index (χ3v) is 6.32. The molecule has 0 saturated carbocycles. The van der Waals surface area contributed by atoms with Crippen LogP contribution in [0.5, 0.6) is 0 Å². The summed E-state index contributed by atoms with van der Waals surface area (Å²) >= 11 is 2.35. The molecule has 27 heavy (non-hydrogen) atoms. The van der Waals surface area contributed by atoms with Crippen molar-refractivity contribution in [3.05, 3.63) is 15.6 Å². The highest BCUT2D eigenvalue weighted by Crippen LogP contribution is 2.37. The molecule has 2 fully saturated rings. The molecule has 6 heteroatoms. The van der Waals surface area contributed by atoms with Gasteiger partial charge in [-0.25, -0.2) is 9.97 Å². The van der Waals surface area contributed by atoms with E-state index in [1.165, 1.54) is 6.42 Å². The maximum Gasteiger partial charge on any atom is 0.135 e. The van der Waals surface area contributed by atoms with Crippen molar-refractivity contribution < 1.29 is 4.74 Å². The van der Waals surface area contributed by atoms with E-state index in [4.69, 9.17) is 14.7 Å². The number of halogens is 1. The van der Waals surface area contributed by atoms with Crippen LogP contribution >= 0.6 is 22.6 Å². The van der Waals surface area contributed by atoms with Crippen molar-refractivity contribution in [3.8, 4) is 0 Å². The fraction of sp³-hybridized carbons (Fsp3) is 0.810. The fourth-order valence-electron chi connectivity index (χ4n) is 4.55. The molecule has 1 unspecified atom stereocenters. The summed E-state index contributed by atoms with van der Waals surface area (Å²) < 4.78 is 6.85. The Hall–Kier alpha value is -0.470. The van der Waals surface area contributed by atoms with Gasteiger partial charge in [-0.15, -0.1) is 0 Å². The maximum atomic E-state index is 5.81. The zero-order chi connectivity index (χ0) is 19.7. The van der Waals surface area contributed by atoms with Crippen molar-refractivity contribution >= 4 is 28.4 Å². The Morgan fingerprint density at radius 2 is 2.00 bits per heavy atom. The van der Waals surface area contributed by atoms with Gasteiger partial charge in [0, 0.05) is 37.0 Å². The minimum absolute atomic E-state index is 0.133. The summed E-state index contributed by atoms with van der Waals surface area (Å²) in [5.74, 6) is 3.06. The number of hydrogen-bond donors (Lipinski definition) is 1. The van der Waals surface area contributed by atoms with E-state index in [0.29, 0.717) is 17.3 Å². The molecule has 152 valence electrons. The molecule has 0 bridgehead atoms. The van der Waals surface area contributed by atoms with Gasteiger partial charge >= 0.3 is 0 Å². The lowest BCUT2D eigenvalue weighted by molar-refractivity contribution is 0.0893. The molecular weight excluding hydrogens is 451 g/mol. The first kappa shape index (κ1) is 21.2. The summed E-state index contributed by atoms with van der Waals surface area (Å²) in [7, 11) is 0. The first-order valence-electron chi connectivity index (χ1n) is 10.2. The van der Waals surface area contributed by atoms with Crippen molar-refractivity contribution in [2.24, 2.45) is 16.7 Å². The second-order valence-electron chi connectivity index (χ2n) is 9.96. The van der Waals surface area contributed by atoms with E-state index in [2.05, 4.69) is 73.5 Å². The van der Waals surface area contributed by atoms with Crippen molar-refractivity contribution in [1.29, 1.82) is 0 Å². The Labute approximate surface area is 178 Å². The Bertz CT molecular complexity index is 649. The van der Waals surface area contributed by atoms with Crippen LogP contribution in [-0.2, 0) is 4.74 Å². The average molecular weight is 486 g/mol. The molecule has 2 saturated heterocycles. The molecule has 2 aliphatic heterocycles. The first-order valence-corrected chi connectivity index (χ1v) is 11.3. The van der Waals surface area contributed by atoms with E-state index in [-0.39, 0.29) is 5.41 Å². The van der Waals surface area contributed by atoms with Crippen LogP contribution in [0.2, 0.25) is 0 Å². The summed E-state index contributed by atoms with van der Waals surface area (Å²) in [6, 6.07) is 2.13. The Morgan fingerprint density at radius 3 is 2.78 bits per heavy atom. The van der Waals surface area contributed by atoms with Crippen molar-refractivity contribution in [2.75, 3.05) is 44.3 Å². The second kappa shape index (κ2) is 8.49. The predicted octanol–water partition coefficient (Wildman–Crippen LogP) is 4.07. The molecular formula is C21H35IN4O. The molecule has 0 radical (unpaired) electrons. The van der Waals surface area contributed by atoms with Crippen LogP contribution in [0, 0.1) is 20.4 Å². The van der Waals surface area contributed by atoms with Gasteiger partial charge in [-0.1, -0.05) is 34.6 Å². The highest BCUT2D eigenvalue weighted by molar-refractivity contribution is 14.1. The van der Waals surface area contributed by atoms with Gasteiger partial charge < -0.3 is 15.0 Å². The van der Waals surface area contributed by atoms with Crippen LogP contribution in [-0.4, -0.2) is 49.4 Å². The van der Waals surface area contributed by atoms with E-state index in [0.717, 1.165) is 61.2 Å². The van der Waals surface area contributed by atoms with Gasteiger partial charge in [-0.05, 0) is 53.3 Å². The zero-order valence-corrected chi connectivity index (χ0v) is 19.7. The van der Waals surface area contributed by atoms with Crippen LogP contribution in [0.1, 0.15) is 59.2 Å². The number of nitrogens with one attached hydrogen (secondary N) is 1. The summed E-state index contributed by atoms with van der Waals surface area (Å²) in [6.07, 6.45) is 2.30. The first-order chi connectivity index (χ1) is 12.7. The summed E-state index contributed by atoms with van der Waals surface area (Å²) in [5.41, 5.74) is 0.448. The number of anilines is 1. The van der Waals surface area contributed by atoms with Gasteiger partial charge in [0.1, 0.15) is 15.3 Å². The van der Waals surface area contributed by atoms with Crippen molar-refractivity contribution in [2.45, 2.75) is 53.4 Å². The van der Waals surface area contributed by atoms with E-state index < -0.39 is 0 Å². The van der Waals surface area contributed by atoms with Gasteiger partial charge in [0.2, 0.25) is 0 Å². The van der Waals surface area contributed by atoms with E-state index in [1.807, 2.05) is 0 Å². The number of aromatic nitrogens is 2. The largest absolute Gasteiger partial charge is 0.379 e. The molecule has 2 atom stereocenters. The lowest BCUT2D eigenvalue weighted by atomic mass is 9.75. The average Bonchev–Trinajstić information content (AvgIpc) is 2.73. The van der Waals surface area contributed by atoms with Crippen LogP contribution in [0.15, 0.2) is 6.07 Å². The summed E-state index contributed by atoms with van der Waals surface area (Å²) in [4.78, 5) is 12.3. The topological polar surface area (TPSA) is 50.3 Å². The van der Waals surface area contributed by atoms with Crippen LogP contribution < -0.4 is 10.2 Å². The lowest BCUT2D eigenvalue weighted by Crippen LogP contribution is -2.37. The Morgan fingerprint density at radius 1 is 1.22 bits per heavy atom. The molecule has 5 nitrogen and oxygen atoms in total. The molecule has 0 spiro atoms. The normalized spacial score (nSPS) is 28.9. The molecule has 0 amide bonds. The van der Waals surface area contributed by atoms with Crippen molar-refractivity contribution in [1.82, 2.24) is 15.3 Å². The molecule has 1 aromatic rings. The van der Waals surface area contributed by atoms with Crippen molar-refractivity contribution in [3.63, 3.8) is 0 Å². The smallest absolute Gasteiger partial charge is 0.135 e. The van der Waals surface area contributed by atoms with E-state index >= 15 is 0 Å². The quantitative estimate of drug-likeness (QED) is 0.505. The molecule has 3 heterocycles. The summed E-state index contributed by atoms with van der Waals surface area (Å²) in [6.45, 7) is 17.2. The van der Waals surface area contributed by atoms with Gasteiger partial charge in [-0.3, -0.25) is 0 Å². The standard InChI is InChI=1S/C21H35IN4O/c1-15-11-20(2,3)12-23-7-6-16(15)19-24-17(22)10-18(25-19)26-8-9-27-14-21(4,5)13-26/h10,15-16,23H,6-9,11-14H2,1-5H3/t15-,16?/m1/s1. The minimum Gasteiger partial charge on any atom is -0.379 e. The predicted molar refractivity (Wildman–Crippen MR) is 119 cm³/mol. The Kier molecular flexibility index (Phi) is 6.68. The SMILES string of the molecule is C[C@@H]1CC(C)(C)CNCCC1c1nc(I)cc(N2CCOCC(C)(C)C2)n1. The molecule has 0 aromatic carbocycles. The molecule has 3 rings (SSSR count). The molecule has 1 aromatic heterocycles. The van der Waals surface area contributed by atoms with Crippen LogP contribution in [0.4, 0.5) is 5.82 Å². The van der Waals surface area contributed by atoms with Crippen LogP contribution in [0.3, 0.4) is 0 Å². The van der Waals surface area contributed by atoms with Gasteiger partial charge in [0.25, 0.3) is 0 Å². The third-order valence-electron chi connectivity index (χ3n) is 5.77.